The monoisotopic (exact) mass is 550 g/mol. The summed E-state index contributed by atoms with van der Waals surface area (Å²) in [6, 6.07) is 8.98. The predicted octanol–water partition coefficient (Wildman–Crippen LogP) is 2.36. The molecule has 12 heteroatoms. The van der Waals surface area contributed by atoms with Crippen LogP contribution in [0.15, 0.2) is 46.0 Å². The molecule has 0 aromatic heterocycles. The van der Waals surface area contributed by atoms with Crippen LogP contribution in [-0.4, -0.2) is 56.9 Å². The van der Waals surface area contributed by atoms with Crippen LogP contribution >= 0.6 is 15.9 Å². The van der Waals surface area contributed by atoms with E-state index >= 15 is 0 Å². The van der Waals surface area contributed by atoms with E-state index in [1.165, 1.54) is 25.5 Å². The highest BCUT2D eigenvalue weighted by molar-refractivity contribution is 9.10. The van der Waals surface area contributed by atoms with Crippen molar-refractivity contribution in [3.05, 3.63) is 52.3 Å². The van der Waals surface area contributed by atoms with E-state index in [0.717, 1.165) is 12.8 Å². The summed E-state index contributed by atoms with van der Waals surface area (Å²) in [7, 11) is 1.42. The lowest BCUT2D eigenvalue weighted by Crippen LogP contribution is -2.41. The SMILES string of the molecule is COc1cc(/C=N\NC(=O)C(=O)NC[C@@H]2CCCO2)ccc1OCC(=O)Nc1ccc(Br)cc1F. The maximum atomic E-state index is 13.9. The number of halogens is 2. The Morgan fingerprint density at radius 2 is 2.03 bits per heavy atom. The van der Waals surface area contributed by atoms with Gasteiger partial charge in [0.05, 0.1) is 25.1 Å². The zero-order valence-corrected chi connectivity index (χ0v) is 20.4. The Hall–Kier alpha value is -3.51. The van der Waals surface area contributed by atoms with Gasteiger partial charge in [0.25, 0.3) is 5.91 Å². The minimum Gasteiger partial charge on any atom is -0.493 e. The molecule has 0 aliphatic carbocycles. The molecule has 2 aromatic carbocycles. The van der Waals surface area contributed by atoms with E-state index in [-0.39, 0.29) is 30.7 Å². The van der Waals surface area contributed by atoms with Crippen LogP contribution in [0.5, 0.6) is 11.5 Å². The van der Waals surface area contributed by atoms with Crippen LogP contribution in [0, 0.1) is 5.82 Å². The van der Waals surface area contributed by atoms with Crippen molar-refractivity contribution >= 4 is 45.6 Å². The van der Waals surface area contributed by atoms with E-state index in [9.17, 15) is 18.8 Å². The number of methoxy groups -OCH3 is 1. The van der Waals surface area contributed by atoms with Gasteiger partial charge in [-0.3, -0.25) is 14.4 Å². The zero-order valence-electron chi connectivity index (χ0n) is 18.8. The molecule has 1 atom stereocenters. The van der Waals surface area contributed by atoms with Crippen molar-refractivity contribution in [1.29, 1.82) is 0 Å². The Kier molecular flexibility index (Phi) is 9.56. The lowest BCUT2D eigenvalue weighted by Gasteiger charge is -2.12. The standard InChI is InChI=1S/C23H24BrFN4O6/c1-33-20-9-14(11-27-29-23(32)22(31)26-12-16-3-2-8-34-16)4-7-19(20)35-13-21(30)28-18-6-5-15(24)10-17(18)25/h4-7,9-11,16H,2-3,8,12-13H2,1H3,(H,26,31)(H,28,30)(H,29,32)/b27-11-/t16-/m0/s1. The Balaban J connectivity index is 1.48. The molecule has 0 spiro atoms. The summed E-state index contributed by atoms with van der Waals surface area (Å²) >= 11 is 3.15. The van der Waals surface area contributed by atoms with E-state index in [1.807, 2.05) is 0 Å². The highest BCUT2D eigenvalue weighted by Gasteiger charge is 2.19. The molecule has 2 aromatic rings. The van der Waals surface area contributed by atoms with Crippen LogP contribution in [0.3, 0.4) is 0 Å². The molecule has 0 radical (unpaired) electrons. The molecule has 3 rings (SSSR count). The summed E-state index contributed by atoms with van der Waals surface area (Å²) in [5.41, 5.74) is 2.72. The average Bonchev–Trinajstić information content (AvgIpc) is 3.37. The van der Waals surface area contributed by atoms with E-state index in [1.54, 1.807) is 24.3 Å². The molecule has 186 valence electrons. The van der Waals surface area contributed by atoms with Crippen LogP contribution in [0.2, 0.25) is 0 Å². The number of nitrogens with one attached hydrogen (secondary N) is 3. The first-order valence-corrected chi connectivity index (χ1v) is 11.4. The van der Waals surface area contributed by atoms with Gasteiger partial charge in [-0.1, -0.05) is 15.9 Å². The number of anilines is 1. The molecule has 35 heavy (non-hydrogen) atoms. The molecule has 1 saturated heterocycles. The Labute approximate surface area is 209 Å². The molecule has 0 saturated carbocycles. The second-order valence-electron chi connectivity index (χ2n) is 7.42. The van der Waals surface area contributed by atoms with E-state index < -0.39 is 23.5 Å². The number of nitrogens with zero attached hydrogens (tertiary/aromatic N) is 1. The van der Waals surface area contributed by atoms with Gasteiger partial charge in [0.2, 0.25) is 0 Å². The molecular formula is C23H24BrFN4O6. The normalized spacial score (nSPS) is 15.0. The van der Waals surface area contributed by atoms with Crippen LogP contribution in [-0.2, 0) is 19.1 Å². The maximum absolute atomic E-state index is 13.9. The fourth-order valence-corrected chi connectivity index (χ4v) is 3.45. The predicted molar refractivity (Wildman–Crippen MR) is 129 cm³/mol. The second-order valence-corrected chi connectivity index (χ2v) is 8.33. The summed E-state index contributed by atoms with van der Waals surface area (Å²) in [5.74, 6) is -2.27. The minimum atomic E-state index is -0.903. The van der Waals surface area contributed by atoms with E-state index in [4.69, 9.17) is 14.2 Å². The number of ether oxygens (including phenoxy) is 3. The highest BCUT2D eigenvalue weighted by atomic mass is 79.9. The van der Waals surface area contributed by atoms with Crippen LogP contribution in [0.1, 0.15) is 18.4 Å². The largest absolute Gasteiger partial charge is 0.493 e. The number of hydrazone groups is 1. The summed E-state index contributed by atoms with van der Waals surface area (Å²) in [5, 5.41) is 8.69. The lowest BCUT2D eigenvalue weighted by molar-refractivity contribution is -0.139. The number of benzene rings is 2. The van der Waals surface area contributed by atoms with Gasteiger partial charge in [-0.2, -0.15) is 5.10 Å². The number of hydrogen-bond acceptors (Lipinski definition) is 7. The molecule has 1 heterocycles. The van der Waals surface area contributed by atoms with Gasteiger partial charge in [-0.05, 0) is 54.8 Å². The fourth-order valence-electron chi connectivity index (χ4n) is 3.11. The van der Waals surface area contributed by atoms with Crippen molar-refractivity contribution < 1.29 is 33.0 Å². The molecule has 0 unspecified atom stereocenters. The van der Waals surface area contributed by atoms with Crippen molar-refractivity contribution in [3.63, 3.8) is 0 Å². The molecule has 3 amide bonds. The molecule has 1 fully saturated rings. The van der Waals surface area contributed by atoms with Crippen molar-refractivity contribution in [3.8, 4) is 11.5 Å². The summed E-state index contributed by atoms with van der Waals surface area (Å²) in [4.78, 5) is 35.8. The molecule has 3 N–H and O–H groups in total. The van der Waals surface area contributed by atoms with Crippen LogP contribution in [0.4, 0.5) is 10.1 Å². The number of amides is 3. The van der Waals surface area contributed by atoms with E-state index in [2.05, 4.69) is 37.1 Å². The molecule has 1 aliphatic rings. The molecule has 0 bridgehead atoms. The minimum absolute atomic E-state index is 0.0305. The third kappa shape index (κ3) is 8.04. The zero-order chi connectivity index (χ0) is 25.2. The Morgan fingerprint density at radius 1 is 1.20 bits per heavy atom. The Morgan fingerprint density at radius 3 is 2.74 bits per heavy atom. The third-order valence-corrected chi connectivity index (χ3v) is 5.35. The van der Waals surface area contributed by atoms with Crippen molar-refractivity contribution in [2.45, 2.75) is 18.9 Å². The summed E-state index contributed by atoms with van der Waals surface area (Å²) in [6.45, 7) is 0.546. The smallest absolute Gasteiger partial charge is 0.329 e. The number of hydrogen-bond donors (Lipinski definition) is 3. The highest BCUT2D eigenvalue weighted by Crippen LogP contribution is 2.27. The van der Waals surface area contributed by atoms with E-state index in [0.29, 0.717) is 22.4 Å². The number of carbonyl (C=O) groups is 3. The third-order valence-electron chi connectivity index (χ3n) is 4.85. The van der Waals surface area contributed by atoms with Gasteiger partial charge in [0.1, 0.15) is 5.82 Å². The molecule has 1 aliphatic heterocycles. The van der Waals surface area contributed by atoms with Gasteiger partial charge < -0.3 is 24.8 Å². The lowest BCUT2D eigenvalue weighted by atomic mass is 10.2. The van der Waals surface area contributed by atoms with Crippen molar-refractivity contribution in [2.24, 2.45) is 5.10 Å². The second kappa shape index (κ2) is 12.8. The van der Waals surface area contributed by atoms with Gasteiger partial charge in [0, 0.05) is 17.6 Å². The Bertz CT molecular complexity index is 1110. The first kappa shape index (κ1) is 26.1. The summed E-state index contributed by atoms with van der Waals surface area (Å²) < 4.78 is 30.5. The van der Waals surface area contributed by atoms with Crippen molar-refractivity contribution in [1.82, 2.24) is 10.7 Å². The first-order valence-electron chi connectivity index (χ1n) is 10.6. The first-order chi connectivity index (χ1) is 16.9. The summed E-state index contributed by atoms with van der Waals surface area (Å²) in [6.07, 6.45) is 3.02. The number of carbonyl (C=O) groups excluding carboxylic acids is 3. The van der Waals surface area contributed by atoms with Gasteiger partial charge in [-0.25, -0.2) is 9.82 Å². The maximum Gasteiger partial charge on any atom is 0.329 e. The van der Waals surface area contributed by atoms with Crippen molar-refractivity contribution in [2.75, 3.05) is 32.2 Å². The average molecular weight is 551 g/mol. The molecular weight excluding hydrogens is 527 g/mol. The van der Waals surface area contributed by atoms with Gasteiger partial charge in [0.15, 0.2) is 18.1 Å². The fraction of sp³-hybridized carbons (Fsp3) is 0.304. The van der Waals surface area contributed by atoms with Gasteiger partial charge in [-0.15, -0.1) is 0 Å². The quantitative estimate of drug-likeness (QED) is 0.250. The van der Waals surface area contributed by atoms with Gasteiger partial charge >= 0.3 is 11.8 Å². The number of rotatable bonds is 9. The molecule has 10 nitrogen and oxygen atoms in total. The van der Waals surface area contributed by atoms with Crippen LogP contribution < -0.4 is 25.5 Å². The van der Waals surface area contributed by atoms with Crippen LogP contribution in [0.25, 0.3) is 0 Å². The topological polar surface area (TPSA) is 127 Å².